The number of hydrogen-bond acceptors (Lipinski definition) is 5. The molecule has 0 atom stereocenters. The van der Waals surface area contributed by atoms with Crippen molar-refractivity contribution in [2.24, 2.45) is 0 Å². The molecule has 0 aliphatic rings. The summed E-state index contributed by atoms with van der Waals surface area (Å²) in [5.74, 6) is 2.02. The third-order valence-corrected chi connectivity index (χ3v) is 5.63. The van der Waals surface area contributed by atoms with Gasteiger partial charge < -0.3 is 4.74 Å². The maximum absolute atomic E-state index is 5.70. The lowest BCUT2D eigenvalue weighted by molar-refractivity contribution is 0.309. The number of imidazole rings is 1. The Morgan fingerprint density at radius 2 is 2.00 bits per heavy atom. The first-order valence-electron chi connectivity index (χ1n) is 8.02. The minimum Gasteiger partial charge on any atom is -0.494 e. The number of fused-ring (bicyclic) bond motifs is 1. The van der Waals surface area contributed by atoms with E-state index in [4.69, 9.17) is 4.74 Å². The Balaban J connectivity index is 1.71. The minimum absolute atomic E-state index is 0.776. The Morgan fingerprint density at radius 1 is 1.17 bits per heavy atom. The van der Waals surface area contributed by atoms with Gasteiger partial charge in [0.2, 0.25) is 4.96 Å². The lowest BCUT2D eigenvalue weighted by Gasteiger charge is -2.05. The van der Waals surface area contributed by atoms with Crippen molar-refractivity contribution in [3.8, 4) is 17.0 Å². The van der Waals surface area contributed by atoms with Gasteiger partial charge in [0.15, 0.2) is 4.34 Å². The van der Waals surface area contributed by atoms with E-state index in [0.717, 1.165) is 57.9 Å². The molecule has 2 heterocycles. The van der Waals surface area contributed by atoms with Gasteiger partial charge in [-0.2, -0.15) is 0 Å². The Morgan fingerprint density at radius 3 is 2.70 bits per heavy atom. The van der Waals surface area contributed by atoms with Gasteiger partial charge in [0.1, 0.15) is 5.75 Å². The fraction of sp³-hybridized carbons (Fsp3) is 0.412. The van der Waals surface area contributed by atoms with Crippen LogP contribution >= 0.6 is 23.1 Å². The first kappa shape index (κ1) is 16.3. The largest absolute Gasteiger partial charge is 0.494 e. The van der Waals surface area contributed by atoms with Crippen LogP contribution in [0, 0.1) is 0 Å². The molecule has 0 N–H and O–H groups in total. The molecule has 0 spiro atoms. The van der Waals surface area contributed by atoms with Crippen molar-refractivity contribution in [3.63, 3.8) is 0 Å². The van der Waals surface area contributed by atoms with Gasteiger partial charge in [-0.1, -0.05) is 43.4 Å². The Hall–Kier alpha value is -1.53. The molecule has 0 bridgehead atoms. The van der Waals surface area contributed by atoms with Crippen LogP contribution < -0.4 is 4.74 Å². The number of benzene rings is 1. The van der Waals surface area contributed by atoms with E-state index in [1.54, 1.807) is 23.1 Å². The molecule has 6 heteroatoms. The Labute approximate surface area is 144 Å². The van der Waals surface area contributed by atoms with Gasteiger partial charge in [-0.3, -0.25) is 0 Å². The molecule has 122 valence electrons. The molecule has 3 rings (SSSR count). The molecule has 4 nitrogen and oxygen atoms in total. The van der Waals surface area contributed by atoms with Gasteiger partial charge in [0, 0.05) is 11.3 Å². The summed E-state index contributed by atoms with van der Waals surface area (Å²) in [5, 5.41) is 4.57. The van der Waals surface area contributed by atoms with Crippen molar-refractivity contribution in [2.75, 3.05) is 12.4 Å². The first-order valence-corrected chi connectivity index (χ1v) is 9.82. The normalized spacial score (nSPS) is 11.2. The molecule has 0 saturated heterocycles. The number of ether oxygens (including phenoxy) is 1. The van der Waals surface area contributed by atoms with Gasteiger partial charge in [-0.05, 0) is 37.1 Å². The monoisotopic (exact) mass is 347 g/mol. The smallest absolute Gasteiger partial charge is 0.213 e. The summed E-state index contributed by atoms with van der Waals surface area (Å²) in [7, 11) is 0. The highest BCUT2D eigenvalue weighted by atomic mass is 32.2. The molecule has 0 radical (unpaired) electrons. The fourth-order valence-electron chi connectivity index (χ4n) is 2.12. The second-order valence-electron chi connectivity index (χ2n) is 5.30. The summed E-state index contributed by atoms with van der Waals surface area (Å²) in [5.41, 5.74) is 2.05. The predicted molar refractivity (Wildman–Crippen MR) is 97.7 cm³/mol. The Bertz CT molecular complexity index is 717. The maximum Gasteiger partial charge on any atom is 0.213 e. The quantitative estimate of drug-likeness (QED) is 0.418. The number of rotatable bonds is 8. The molecular weight excluding hydrogens is 326 g/mol. The SMILES string of the molecule is CCCCOc1ccc(-c2cn3nc(SCCC)sc3n2)cc1. The molecule has 3 aromatic rings. The van der Waals surface area contributed by atoms with Crippen molar-refractivity contribution in [1.29, 1.82) is 0 Å². The van der Waals surface area contributed by atoms with Gasteiger partial charge in [0.25, 0.3) is 0 Å². The molecule has 0 fully saturated rings. The molecule has 0 saturated carbocycles. The number of hydrogen-bond donors (Lipinski definition) is 0. The summed E-state index contributed by atoms with van der Waals surface area (Å²) >= 11 is 3.44. The summed E-state index contributed by atoms with van der Waals surface area (Å²) < 4.78 is 8.66. The predicted octanol–water partition coefficient (Wildman–Crippen LogP) is 5.14. The van der Waals surface area contributed by atoms with E-state index in [-0.39, 0.29) is 0 Å². The summed E-state index contributed by atoms with van der Waals surface area (Å²) in [4.78, 5) is 5.63. The van der Waals surface area contributed by atoms with Crippen LogP contribution in [0.5, 0.6) is 5.75 Å². The van der Waals surface area contributed by atoms with Gasteiger partial charge in [-0.15, -0.1) is 5.10 Å². The highest BCUT2D eigenvalue weighted by molar-refractivity contribution is 8.01. The zero-order chi connectivity index (χ0) is 16.1. The minimum atomic E-state index is 0.776. The molecule has 0 aliphatic carbocycles. The van der Waals surface area contributed by atoms with Crippen LogP contribution in [0.2, 0.25) is 0 Å². The average molecular weight is 348 g/mol. The highest BCUT2D eigenvalue weighted by Crippen LogP contribution is 2.28. The third kappa shape index (κ3) is 4.06. The van der Waals surface area contributed by atoms with Crippen molar-refractivity contribution in [2.45, 2.75) is 37.4 Å². The van der Waals surface area contributed by atoms with Crippen LogP contribution in [0.15, 0.2) is 34.8 Å². The first-order chi connectivity index (χ1) is 11.3. The number of thioether (sulfide) groups is 1. The van der Waals surface area contributed by atoms with E-state index >= 15 is 0 Å². The van der Waals surface area contributed by atoms with Crippen molar-refractivity contribution in [3.05, 3.63) is 30.5 Å². The van der Waals surface area contributed by atoms with Crippen LogP contribution in [0.1, 0.15) is 33.1 Å². The van der Waals surface area contributed by atoms with Crippen LogP contribution in [0.4, 0.5) is 0 Å². The topological polar surface area (TPSA) is 39.4 Å². The van der Waals surface area contributed by atoms with Crippen molar-refractivity contribution < 1.29 is 4.74 Å². The molecule has 2 aromatic heterocycles. The zero-order valence-electron chi connectivity index (χ0n) is 13.5. The van der Waals surface area contributed by atoms with E-state index in [0.29, 0.717) is 0 Å². The summed E-state index contributed by atoms with van der Waals surface area (Å²) in [6.45, 7) is 5.12. The van der Waals surface area contributed by atoms with Gasteiger partial charge in [0.05, 0.1) is 18.5 Å². The van der Waals surface area contributed by atoms with E-state index in [9.17, 15) is 0 Å². The molecule has 1 aromatic carbocycles. The molecule has 0 amide bonds. The van der Waals surface area contributed by atoms with Crippen molar-refractivity contribution in [1.82, 2.24) is 14.6 Å². The van der Waals surface area contributed by atoms with Gasteiger partial charge in [-0.25, -0.2) is 9.50 Å². The van der Waals surface area contributed by atoms with Crippen LogP contribution in [-0.4, -0.2) is 27.0 Å². The van der Waals surface area contributed by atoms with Crippen LogP contribution in [0.25, 0.3) is 16.2 Å². The van der Waals surface area contributed by atoms with Crippen molar-refractivity contribution >= 4 is 28.1 Å². The molecule has 0 unspecified atom stereocenters. The third-order valence-electron chi connectivity index (χ3n) is 3.37. The lowest BCUT2D eigenvalue weighted by Crippen LogP contribution is -1.95. The van der Waals surface area contributed by atoms with Crippen LogP contribution in [-0.2, 0) is 0 Å². The van der Waals surface area contributed by atoms with E-state index in [2.05, 4.69) is 36.1 Å². The summed E-state index contributed by atoms with van der Waals surface area (Å²) in [6, 6.07) is 8.13. The Kier molecular flexibility index (Phi) is 5.56. The van der Waals surface area contributed by atoms with E-state index in [1.165, 1.54) is 0 Å². The second-order valence-corrected chi connectivity index (χ2v) is 7.59. The van der Waals surface area contributed by atoms with Crippen LogP contribution in [0.3, 0.4) is 0 Å². The number of aromatic nitrogens is 3. The second kappa shape index (κ2) is 7.84. The zero-order valence-corrected chi connectivity index (χ0v) is 15.1. The molecule has 23 heavy (non-hydrogen) atoms. The molecule has 0 aliphatic heterocycles. The van der Waals surface area contributed by atoms with Gasteiger partial charge >= 0.3 is 0 Å². The lowest BCUT2D eigenvalue weighted by atomic mass is 10.2. The maximum atomic E-state index is 5.70. The standard InChI is InChI=1S/C17H21N3OS2/c1-3-5-10-21-14-8-6-13(7-9-14)15-12-20-16(18-15)23-17(19-20)22-11-4-2/h6-9,12H,3-5,10-11H2,1-2H3. The highest BCUT2D eigenvalue weighted by Gasteiger charge is 2.10. The molecular formula is C17H21N3OS2. The number of nitrogens with zero attached hydrogens (tertiary/aromatic N) is 3. The average Bonchev–Trinajstić information content (AvgIpc) is 3.12. The summed E-state index contributed by atoms with van der Waals surface area (Å²) in [6.07, 6.45) is 5.39. The van der Waals surface area contributed by atoms with E-state index in [1.807, 2.05) is 22.8 Å². The van der Waals surface area contributed by atoms with E-state index < -0.39 is 0 Å². The fourth-order valence-corrected chi connectivity index (χ4v) is 3.97. The number of unbranched alkanes of at least 4 members (excludes halogenated alkanes) is 1.